The van der Waals surface area contributed by atoms with E-state index < -0.39 is 5.54 Å². The molecule has 0 atom stereocenters. The average molecular weight is 289 g/mol. The quantitative estimate of drug-likeness (QED) is 0.837. The van der Waals surface area contributed by atoms with E-state index in [0.717, 1.165) is 25.7 Å². The van der Waals surface area contributed by atoms with Gasteiger partial charge in [0.15, 0.2) is 11.0 Å². The first-order valence-electron chi connectivity index (χ1n) is 5.75. The average Bonchev–Trinajstić information content (AvgIpc) is 2.71. The van der Waals surface area contributed by atoms with Crippen molar-refractivity contribution < 1.29 is 4.79 Å². The standard InChI is InChI=1S/C11H14Cl2N4O/c12-8-9(13)15-6-16-10(8)17-7(18)5-11(14)3-1-2-4-11/h6H,1-5,14H2,(H,15,16,17,18). The Balaban J connectivity index is 2.01. The molecule has 0 aromatic carbocycles. The maximum Gasteiger partial charge on any atom is 0.227 e. The molecule has 98 valence electrons. The van der Waals surface area contributed by atoms with E-state index >= 15 is 0 Å². The summed E-state index contributed by atoms with van der Waals surface area (Å²) in [4.78, 5) is 19.5. The highest BCUT2D eigenvalue weighted by Gasteiger charge is 2.31. The number of anilines is 1. The molecule has 0 bridgehead atoms. The van der Waals surface area contributed by atoms with E-state index in [2.05, 4.69) is 15.3 Å². The Kier molecular flexibility index (Phi) is 4.04. The van der Waals surface area contributed by atoms with Gasteiger partial charge in [-0.1, -0.05) is 36.0 Å². The molecule has 0 radical (unpaired) electrons. The number of rotatable bonds is 3. The van der Waals surface area contributed by atoms with Gasteiger partial charge in [-0.25, -0.2) is 9.97 Å². The van der Waals surface area contributed by atoms with Gasteiger partial charge in [-0.05, 0) is 12.8 Å². The summed E-state index contributed by atoms with van der Waals surface area (Å²) in [6.45, 7) is 0. The maximum atomic E-state index is 11.9. The number of carbonyl (C=O) groups is 1. The monoisotopic (exact) mass is 288 g/mol. The van der Waals surface area contributed by atoms with Crippen molar-refractivity contribution in [3.8, 4) is 0 Å². The molecule has 1 aliphatic rings. The Morgan fingerprint density at radius 2 is 2.06 bits per heavy atom. The number of amides is 1. The minimum atomic E-state index is -0.395. The van der Waals surface area contributed by atoms with E-state index in [-0.39, 0.29) is 28.3 Å². The second-order valence-corrected chi connectivity index (χ2v) is 5.36. The Morgan fingerprint density at radius 3 is 2.72 bits per heavy atom. The zero-order valence-corrected chi connectivity index (χ0v) is 11.3. The van der Waals surface area contributed by atoms with Crippen molar-refractivity contribution in [2.24, 2.45) is 5.73 Å². The molecule has 0 unspecified atom stereocenters. The van der Waals surface area contributed by atoms with Gasteiger partial charge in [-0.3, -0.25) is 4.79 Å². The van der Waals surface area contributed by atoms with E-state index in [4.69, 9.17) is 28.9 Å². The molecule has 0 saturated heterocycles. The van der Waals surface area contributed by atoms with Crippen LogP contribution >= 0.6 is 23.2 Å². The van der Waals surface area contributed by atoms with Gasteiger partial charge in [0, 0.05) is 12.0 Å². The number of nitrogens with one attached hydrogen (secondary N) is 1. The number of hydrogen-bond donors (Lipinski definition) is 2. The Hall–Kier alpha value is -0.910. The molecular formula is C11H14Cl2N4O. The Bertz CT molecular complexity index is 460. The lowest BCUT2D eigenvalue weighted by molar-refractivity contribution is -0.117. The number of nitrogens with two attached hydrogens (primary N) is 1. The molecule has 3 N–H and O–H groups in total. The zero-order valence-electron chi connectivity index (χ0n) is 9.75. The topological polar surface area (TPSA) is 80.9 Å². The first kappa shape index (κ1) is 13.5. The van der Waals surface area contributed by atoms with Crippen LogP contribution in [0.2, 0.25) is 10.2 Å². The molecule has 0 spiro atoms. The molecule has 0 aliphatic heterocycles. The fourth-order valence-corrected chi connectivity index (χ4v) is 2.47. The maximum absolute atomic E-state index is 11.9. The van der Waals surface area contributed by atoms with E-state index in [1.807, 2.05) is 0 Å². The summed E-state index contributed by atoms with van der Waals surface area (Å²) in [5.41, 5.74) is 5.73. The molecule has 1 amide bonds. The van der Waals surface area contributed by atoms with Crippen LogP contribution in [0.15, 0.2) is 6.33 Å². The van der Waals surface area contributed by atoms with Crippen LogP contribution in [-0.2, 0) is 4.79 Å². The molecule has 2 rings (SSSR count). The summed E-state index contributed by atoms with van der Waals surface area (Å²) in [6, 6.07) is 0. The van der Waals surface area contributed by atoms with Crippen LogP contribution in [0.3, 0.4) is 0 Å². The van der Waals surface area contributed by atoms with Crippen molar-refractivity contribution in [3.05, 3.63) is 16.5 Å². The number of carbonyl (C=O) groups excluding carboxylic acids is 1. The first-order valence-corrected chi connectivity index (χ1v) is 6.50. The van der Waals surface area contributed by atoms with E-state index in [9.17, 15) is 4.79 Å². The molecule has 1 fully saturated rings. The van der Waals surface area contributed by atoms with Gasteiger partial charge < -0.3 is 11.1 Å². The highest BCUT2D eigenvalue weighted by Crippen LogP contribution is 2.31. The predicted octanol–water partition coefficient (Wildman–Crippen LogP) is 2.38. The number of nitrogens with zero attached hydrogens (tertiary/aromatic N) is 2. The summed E-state index contributed by atoms with van der Waals surface area (Å²) in [5, 5.41) is 2.88. The fraction of sp³-hybridized carbons (Fsp3) is 0.545. The van der Waals surface area contributed by atoms with Crippen LogP contribution in [-0.4, -0.2) is 21.4 Å². The van der Waals surface area contributed by atoms with Crippen molar-refractivity contribution in [2.75, 3.05) is 5.32 Å². The van der Waals surface area contributed by atoms with Crippen molar-refractivity contribution >= 4 is 34.9 Å². The second-order valence-electron chi connectivity index (χ2n) is 4.62. The third kappa shape index (κ3) is 3.10. The van der Waals surface area contributed by atoms with Gasteiger partial charge in [0.25, 0.3) is 0 Å². The molecule has 1 aromatic heterocycles. The molecule has 7 heteroatoms. The lowest BCUT2D eigenvalue weighted by atomic mass is 9.94. The second kappa shape index (κ2) is 5.38. The van der Waals surface area contributed by atoms with Crippen molar-refractivity contribution in [3.63, 3.8) is 0 Å². The SMILES string of the molecule is NC1(CC(=O)Nc2ncnc(Cl)c2Cl)CCCC1. The van der Waals surface area contributed by atoms with Crippen LogP contribution in [0.25, 0.3) is 0 Å². The smallest absolute Gasteiger partial charge is 0.227 e. The van der Waals surface area contributed by atoms with Crippen LogP contribution in [0.4, 0.5) is 5.82 Å². The third-order valence-electron chi connectivity index (χ3n) is 3.12. The van der Waals surface area contributed by atoms with E-state index in [1.54, 1.807) is 0 Å². The number of hydrogen-bond acceptors (Lipinski definition) is 4. The minimum absolute atomic E-state index is 0.116. The fourth-order valence-electron chi connectivity index (χ4n) is 2.19. The zero-order chi connectivity index (χ0) is 13.2. The van der Waals surface area contributed by atoms with E-state index in [1.165, 1.54) is 6.33 Å². The number of aromatic nitrogens is 2. The minimum Gasteiger partial charge on any atom is -0.325 e. The molecule has 18 heavy (non-hydrogen) atoms. The summed E-state index contributed by atoms with van der Waals surface area (Å²) in [7, 11) is 0. The molecule has 1 saturated carbocycles. The Morgan fingerprint density at radius 1 is 1.39 bits per heavy atom. The van der Waals surface area contributed by atoms with Gasteiger partial charge in [0.05, 0.1) is 0 Å². The molecule has 5 nitrogen and oxygen atoms in total. The van der Waals surface area contributed by atoms with Gasteiger partial charge in [-0.15, -0.1) is 0 Å². The van der Waals surface area contributed by atoms with Gasteiger partial charge in [0.2, 0.25) is 5.91 Å². The van der Waals surface area contributed by atoms with Crippen LogP contribution in [0.5, 0.6) is 0 Å². The van der Waals surface area contributed by atoms with E-state index in [0.29, 0.717) is 0 Å². The molecular weight excluding hydrogens is 275 g/mol. The molecule has 1 aliphatic carbocycles. The molecule has 1 aromatic rings. The molecule has 1 heterocycles. The highest BCUT2D eigenvalue weighted by atomic mass is 35.5. The summed E-state index contributed by atoms with van der Waals surface area (Å²) in [6.07, 6.45) is 5.41. The lowest BCUT2D eigenvalue weighted by Crippen LogP contribution is -2.40. The predicted molar refractivity (Wildman–Crippen MR) is 70.7 cm³/mol. The van der Waals surface area contributed by atoms with Gasteiger partial charge in [-0.2, -0.15) is 0 Å². The van der Waals surface area contributed by atoms with Crippen LogP contribution in [0.1, 0.15) is 32.1 Å². The summed E-state index contributed by atoms with van der Waals surface area (Å²) >= 11 is 11.6. The normalized spacial score (nSPS) is 17.7. The van der Waals surface area contributed by atoms with Crippen molar-refractivity contribution in [2.45, 2.75) is 37.6 Å². The highest BCUT2D eigenvalue weighted by molar-refractivity contribution is 6.42. The summed E-state index contributed by atoms with van der Waals surface area (Å²) < 4.78 is 0. The van der Waals surface area contributed by atoms with Gasteiger partial charge >= 0.3 is 0 Å². The summed E-state index contributed by atoms with van der Waals surface area (Å²) in [5.74, 6) is 0.0272. The number of halogens is 2. The Labute approximate surface area is 115 Å². The van der Waals surface area contributed by atoms with Crippen LogP contribution < -0.4 is 11.1 Å². The first-order chi connectivity index (χ1) is 8.50. The van der Waals surface area contributed by atoms with Crippen molar-refractivity contribution in [1.29, 1.82) is 0 Å². The largest absolute Gasteiger partial charge is 0.325 e. The lowest BCUT2D eigenvalue weighted by Gasteiger charge is -2.22. The van der Waals surface area contributed by atoms with Gasteiger partial charge in [0.1, 0.15) is 11.3 Å². The third-order valence-corrected chi connectivity index (χ3v) is 3.86. The van der Waals surface area contributed by atoms with Crippen molar-refractivity contribution in [1.82, 2.24) is 9.97 Å². The van der Waals surface area contributed by atoms with Crippen LogP contribution in [0, 0.1) is 0 Å².